The van der Waals surface area contributed by atoms with Crippen molar-refractivity contribution in [2.24, 2.45) is 0 Å². The molecule has 9 heteroatoms. The van der Waals surface area contributed by atoms with Gasteiger partial charge in [0.2, 0.25) is 5.91 Å². The molecule has 2 aromatic carbocycles. The van der Waals surface area contributed by atoms with Crippen LogP contribution in [0.1, 0.15) is 21.7 Å². The number of rotatable bonds is 8. The molecule has 2 amide bonds. The second-order valence-corrected chi connectivity index (χ2v) is 7.76. The number of amides is 2. The normalized spacial score (nSPS) is 10.6. The molecule has 178 valence electrons. The smallest absolute Gasteiger partial charge is 0.325 e. The molecule has 0 saturated carbocycles. The van der Waals surface area contributed by atoms with Gasteiger partial charge >= 0.3 is 5.97 Å². The number of carbonyl (C=O) groups excluding carboxylic acids is 3. The summed E-state index contributed by atoms with van der Waals surface area (Å²) in [5, 5.41) is 9.95. The number of benzene rings is 2. The largest absolute Gasteiger partial charge is 0.468 e. The molecule has 0 unspecified atom stereocenters. The minimum Gasteiger partial charge on any atom is -0.468 e. The number of hydrogen-bond acceptors (Lipinski definition) is 6. The van der Waals surface area contributed by atoms with E-state index in [9.17, 15) is 14.4 Å². The Hall–Kier alpha value is -4.66. The molecule has 0 fully saturated rings. The molecule has 0 atom stereocenters. The monoisotopic (exact) mass is 472 g/mol. The molecule has 0 aliphatic heterocycles. The van der Waals surface area contributed by atoms with E-state index in [1.54, 1.807) is 41.2 Å². The predicted molar refractivity (Wildman–Crippen MR) is 129 cm³/mol. The fourth-order valence-electron chi connectivity index (χ4n) is 3.39. The number of esters is 1. The summed E-state index contributed by atoms with van der Waals surface area (Å²) in [5.41, 5.74) is 2.88. The van der Waals surface area contributed by atoms with Gasteiger partial charge in [-0.25, -0.2) is 4.68 Å². The maximum absolute atomic E-state index is 13.2. The quantitative estimate of drug-likeness (QED) is 0.379. The third-order valence-electron chi connectivity index (χ3n) is 5.19. The summed E-state index contributed by atoms with van der Waals surface area (Å²) >= 11 is 0. The summed E-state index contributed by atoms with van der Waals surface area (Å²) < 4.78 is 11.9. The molecule has 2 aromatic heterocycles. The number of para-hydroxylation sites is 1. The van der Waals surface area contributed by atoms with Gasteiger partial charge in [-0.1, -0.05) is 30.3 Å². The van der Waals surface area contributed by atoms with Gasteiger partial charge in [-0.2, -0.15) is 5.10 Å². The van der Waals surface area contributed by atoms with Crippen LogP contribution in [-0.4, -0.2) is 41.2 Å². The van der Waals surface area contributed by atoms with Crippen LogP contribution in [0.5, 0.6) is 0 Å². The molecule has 0 saturated heterocycles. The molecule has 0 bridgehead atoms. The maximum atomic E-state index is 13.2. The first-order valence-corrected chi connectivity index (χ1v) is 10.9. The number of nitrogens with zero attached hydrogens (tertiary/aromatic N) is 2. The van der Waals surface area contributed by atoms with Crippen LogP contribution in [0.4, 0.5) is 5.69 Å². The molecule has 35 heavy (non-hydrogen) atoms. The number of anilines is 1. The van der Waals surface area contributed by atoms with Crippen LogP contribution in [0.25, 0.3) is 17.1 Å². The van der Waals surface area contributed by atoms with Crippen LogP contribution in [0, 0.1) is 6.92 Å². The van der Waals surface area contributed by atoms with Gasteiger partial charge < -0.3 is 19.8 Å². The van der Waals surface area contributed by atoms with E-state index in [0.717, 1.165) is 11.3 Å². The molecule has 4 rings (SSSR count). The van der Waals surface area contributed by atoms with Crippen molar-refractivity contribution < 1.29 is 23.5 Å². The first-order chi connectivity index (χ1) is 16.9. The Labute approximate surface area is 201 Å². The van der Waals surface area contributed by atoms with Crippen molar-refractivity contribution in [3.63, 3.8) is 0 Å². The van der Waals surface area contributed by atoms with E-state index in [-0.39, 0.29) is 24.8 Å². The fourth-order valence-corrected chi connectivity index (χ4v) is 3.39. The van der Waals surface area contributed by atoms with Crippen LogP contribution in [-0.2, 0) is 20.7 Å². The summed E-state index contributed by atoms with van der Waals surface area (Å²) in [7, 11) is 1.26. The molecule has 4 aromatic rings. The van der Waals surface area contributed by atoms with E-state index < -0.39 is 5.97 Å². The van der Waals surface area contributed by atoms with Crippen LogP contribution in [0.2, 0.25) is 0 Å². The van der Waals surface area contributed by atoms with Crippen molar-refractivity contribution in [1.82, 2.24) is 15.1 Å². The van der Waals surface area contributed by atoms with E-state index >= 15 is 0 Å². The van der Waals surface area contributed by atoms with Crippen molar-refractivity contribution in [3.05, 3.63) is 89.8 Å². The van der Waals surface area contributed by atoms with Crippen LogP contribution >= 0.6 is 0 Å². The lowest BCUT2D eigenvalue weighted by molar-refractivity contribution is -0.141. The SMILES string of the molecule is COC(=O)CNC(=O)Cc1ccc(NC(=O)c2cn(-c3ccccc3)nc2-c2ccc(C)o2)cc1. The lowest BCUT2D eigenvalue weighted by atomic mass is 10.1. The summed E-state index contributed by atoms with van der Waals surface area (Å²) in [4.78, 5) is 36.3. The number of furan rings is 1. The minimum absolute atomic E-state index is 0.0943. The third kappa shape index (κ3) is 5.83. The Morgan fingerprint density at radius 2 is 1.74 bits per heavy atom. The number of aromatic nitrogens is 2. The highest BCUT2D eigenvalue weighted by atomic mass is 16.5. The number of hydrogen-bond donors (Lipinski definition) is 2. The van der Waals surface area contributed by atoms with Crippen molar-refractivity contribution >= 4 is 23.5 Å². The summed E-state index contributed by atoms with van der Waals surface area (Å²) in [6.45, 7) is 1.65. The Kier molecular flexibility index (Phi) is 7.06. The van der Waals surface area contributed by atoms with E-state index in [0.29, 0.717) is 28.5 Å². The Bertz CT molecular complexity index is 1340. The van der Waals surface area contributed by atoms with Crippen molar-refractivity contribution in [1.29, 1.82) is 0 Å². The van der Waals surface area contributed by atoms with Crippen molar-refractivity contribution in [2.75, 3.05) is 19.0 Å². The Morgan fingerprint density at radius 1 is 1.00 bits per heavy atom. The van der Waals surface area contributed by atoms with E-state index in [4.69, 9.17) is 4.42 Å². The van der Waals surface area contributed by atoms with Gasteiger partial charge in [0, 0.05) is 11.9 Å². The van der Waals surface area contributed by atoms with Gasteiger partial charge in [-0.15, -0.1) is 0 Å². The van der Waals surface area contributed by atoms with E-state index in [1.807, 2.05) is 43.3 Å². The van der Waals surface area contributed by atoms with Crippen LogP contribution < -0.4 is 10.6 Å². The molecule has 0 aliphatic rings. The van der Waals surface area contributed by atoms with E-state index in [1.165, 1.54) is 7.11 Å². The van der Waals surface area contributed by atoms with Crippen LogP contribution in [0.15, 0.2) is 77.3 Å². The lowest BCUT2D eigenvalue weighted by Crippen LogP contribution is -2.31. The van der Waals surface area contributed by atoms with Crippen molar-refractivity contribution in [2.45, 2.75) is 13.3 Å². The molecule has 0 aliphatic carbocycles. The number of aryl methyl sites for hydroxylation is 1. The van der Waals surface area contributed by atoms with E-state index in [2.05, 4.69) is 20.5 Å². The van der Waals surface area contributed by atoms with Gasteiger partial charge in [0.05, 0.1) is 24.8 Å². The van der Waals surface area contributed by atoms with Gasteiger partial charge in [-0.3, -0.25) is 14.4 Å². The summed E-state index contributed by atoms with van der Waals surface area (Å²) in [6.07, 6.45) is 1.76. The molecular weight excluding hydrogens is 448 g/mol. The molecule has 2 heterocycles. The Balaban J connectivity index is 1.50. The van der Waals surface area contributed by atoms with Crippen molar-refractivity contribution in [3.8, 4) is 17.1 Å². The molecule has 0 spiro atoms. The second kappa shape index (κ2) is 10.5. The molecular formula is C26H24N4O5. The highest BCUT2D eigenvalue weighted by Gasteiger charge is 2.21. The van der Waals surface area contributed by atoms with Gasteiger partial charge in [0.25, 0.3) is 5.91 Å². The summed E-state index contributed by atoms with van der Waals surface area (Å²) in [5.74, 6) is 0.0391. The number of carbonyl (C=O) groups is 3. The third-order valence-corrected chi connectivity index (χ3v) is 5.19. The zero-order valence-electron chi connectivity index (χ0n) is 19.3. The molecule has 9 nitrogen and oxygen atoms in total. The van der Waals surface area contributed by atoms with Gasteiger partial charge in [0.1, 0.15) is 18.0 Å². The average Bonchev–Trinajstić information content (AvgIpc) is 3.51. The topological polar surface area (TPSA) is 115 Å². The van der Waals surface area contributed by atoms with Gasteiger partial charge in [0.15, 0.2) is 5.76 Å². The maximum Gasteiger partial charge on any atom is 0.325 e. The zero-order valence-corrected chi connectivity index (χ0v) is 19.3. The first-order valence-electron chi connectivity index (χ1n) is 10.9. The van der Waals surface area contributed by atoms with Crippen LogP contribution in [0.3, 0.4) is 0 Å². The average molecular weight is 473 g/mol. The molecule has 0 radical (unpaired) electrons. The molecule has 2 N–H and O–H groups in total. The predicted octanol–water partition coefficient (Wildman–Crippen LogP) is 3.52. The number of methoxy groups -OCH3 is 1. The second-order valence-electron chi connectivity index (χ2n) is 7.76. The number of ether oxygens (including phenoxy) is 1. The summed E-state index contributed by atoms with van der Waals surface area (Å²) in [6, 6.07) is 20.0. The first kappa shape index (κ1) is 23.5. The minimum atomic E-state index is -0.518. The van der Waals surface area contributed by atoms with Gasteiger partial charge in [-0.05, 0) is 48.9 Å². The lowest BCUT2D eigenvalue weighted by Gasteiger charge is -2.07. The Morgan fingerprint density at radius 3 is 2.40 bits per heavy atom. The highest BCUT2D eigenvalue weighted by molar-refractivity contribution is 6.07. The standard InChI is InChI=1S/C26H24N4O5/c1-17-8-13-22(35-17)25-21(16-30(29-25)20-6-4-3-5-7-20)26(33)28-19-11-9-18(10-12-19)14-23(31)27-15-24(32)34-2/h3-13,16H,14-15H2,1-2H3,(H,27,31)(H,28,33). The highest BCUT2D eigenvalue weighted by Crippen LogP contribution is 2.26. The fraction of sp³-hybridized carbons (Fsp3) is 0.154. The number of nitrogens with one attached hydrogen (secondary N) is 2. The zero-order chi connectivity index (χ0) is 24.8.